The molecule has 0 atom stereocenters. The number of carbonyl (C=O) groups is 1. The predicted octanol–water partition coefficient (Wildman–Crippen LogP) is 3.89. The maximum Gasteiger partial charge on any atom is 0.224 e. The minimum absolute atomic E-state index is 0.0332. The van der Waals surface area contributed by atoms with Gasteiger partial charge in [0.1, 0.15) is 0 Å². The van der Waals surface area contributed by atoms with Crippen LogP contribution in [0.2, 0.25) is 5.02 Å². The normalized spacial score (nSPS) is 9.80. The second kappa shape index (κ2) is 6.79. The number of benzene rings is 2. The van der Waals surface area contributed by atoms with Gasteiger partial charge in [-0.05, 0) is 42.3 Å². The van der Waals surface area contributed by atoms with Crippen molar-refractivity contribution >= 4 is 23.2 Å². The van der Waals surface area contributed by atoms with Gasteiger partial charge in [0.2, 0.25) is 5.91 Å². The highest BCUT2D eigenvalue weighted by Crippen LogP contribution is 2.13. The van der Waals surface area contributed by atoms with E-state index in [1.54, 1.807) is 6.07 Å². The second-order valence-electron chi connectivity index (χ2n) is 4.40. The van der Waals surface area contributed by atoms with Gasteiger partial charge in [0, 0.05) is 22.7 Å². The van der Waals surface area contributed by atoms with Gasteiger partial charge in [0.15, 0.2) is 0 Å². The Morgan fingerprint density at radius 1 is 1.20 bits per heavy atom. The molecule has 2 aromatic carbocycles. The summed E-state index contributed by atoms with van der Waals surface area (Å²) in [4.78, 5) is 11.9. The lowest BCUT2D eigenvalue weighted by molar-refractivity contribution is -0.116. The van der Waals surface area contributed by atoms with E-state index in [0.717, 1.165) is 16.8 Å². The Morgan fingerprint density at radius 2 is 1.95 bits per heavy atom. The number of aryl methyl sites for hydroxylation is 1. The molecule has 0 spiro atoms. The molecule has 0 aliphatic carbocycles. The van der Waals surface area contributed by atoms with E-state index >= 15 is 0 Å². The lowest BCUT2D eigenvalue weighted by Gasteiger charge is -2.06. The molecule has 2 aromatic rings. The van der Waals surface area contributed by atoms with E-state index in [4.69, 9.17) is 18.0 Å². The Bertz CT molecular complexity index is 641. The molecule has 3 heteroatoms. The summed E-state index contributed by atoms with van der Waals surface area (Å²) in [5.41, 5.74) is 2.56. The third-order valence-corrected chi connectivity index (χ3v) is 3.12. The van der Waals surface area contributed by atoms with Crippen LogP contribution in [0.15, 0.2) is 48.5 Å². The van der Waals surface area contributed by atoms with E-state index in [9.17, 15) is 4.79 Å². The molecule has 2 nitrogen and oxygen atoms in total. The van der Waals surface area contributed by atoms with Crippen molar-refractivity contribution in [1.29, 1.82) is 0 Å². The van der Waals surface area contributed by atoms with Gasteiger partial charge < -0.3 is 5.32 Å². The molecule has 0 saturated heterocycles. The molecule has 100 valence electrons. The van der Waals surface area contributed by atoms with Gasteiger partial charge >= 0.3 is 0 Å². The Kier molecular flexibility index (Phi) is 4.81. The van der Waals surface area contributed by atoms with Gasteiger partial charge in [0.05, 0.1) is 0 Å². The molecule has 1 N–H and O–H groups in total. The monoisotopic (exact) mass is 283 g/mol. The van der Waals surface area contributed by atoms with Crippen LogP contribution < -0.4 is 5.32 Å². The molecular formula is C17H14ClNO. The van der Waals surface area contributed by atoms with Crippen molar-refractivity contribution in [2.45, 2.75) is 12.8 Å². The molecule has 20 heavy (non-hydrogen) atoms. The summed E-state index contributed by atoms with van der Waals surface area (Å²) in [6, 6.07) is 14.7. The Balaban J connectivity index is 1.89. The maximum atomic E-state index is 11.9. The third-order valence-electron chi connectivity index (χ3n) is 2.87. The van der Waals surface area contributed by atoms with E-state index in [-0.39, 0.29) is 5.91 Å². The van der Waals surface area contributed by atoms with Gasteiger partial charge in [-0.15, -0.1) is 6.42 Å². The molecule has 0 aliphatic heterocycles. The van der Waals surface area contributed by atoms with Gasteiger partial charge in [-0.1, -0.05) is 35.7 Å². The molecule has 2 rings (SSSR count). The first-order valence-electron chi connectivity index (χ1n) is 6.28. The second-order valence-corrected chi connectivity index (χ2v) is 4.84. The third kappa shape index (κ3) is 4.15. The zero-order chi connectivity index (χ0) is 14.4. The highest BCUT2D eigenvalue weighted by Gasteiger charge is 2.03. The van der Waals surface area contributed by atoms with E-state index < -0.39 is 0 Å². The van der Waals surface area contributed by atoms with Gasteiger partial charge in [-0.3, -0.25) is 4.79 Å². The minimum atomic E-state index is -0.0332. The largest absolute Gasteiger partial charge is 0.326 e. The van der Waals surface area contributed by atoms with Crippen molar-refractivity contribution in [3.05, 3.63) is 64.7 Å². The van der Waals surface area contributed by atoms with Crippen LogP contribution >= 0.6 is 11.6 Å². The smallest absolute Gasteiger partial charge is 0.224 e. The predicted molar refractivity (Wildman–Crippen MR) is 82.8 cm³/mol. The molecule has 0 unspecified atom stereocenters. The quantitative estimate of drug-likeness (QED) is 0.848. The fourth-order valence-electron chi connectivity index (χ4n) is 1.82. The molecule has 0 heterocycles. The lowest BCUT2D eigenvalue weighted by atomic mass is 10.1. The fraction of sp³-hybridized carbons (Fsp3) is 0.118. The van der Waals surface area contributed by atoms with Crippen LogP contribution in [0.25, 0.3) is 0 Å². The topological polar surface area (TPSA) is 29.1 Å². The van der Waals surface area contributed by atoms with Crippen LogP contribution in [-0.2, 0) is 11.2 Å². The maximum absolute atomic E-state index is 11.9. The lowest BCUT2D eigenvalue weighted by Crippen LogP contribution is -2.12. The van der Waals surface area contributed by atoms with Crippen molar-refractivity contribution in [3.8, 4) is 12.3 Å². The Labute approximate surface area is 123 Å². The molecule has 0 radical (unpaired) electrons. The first-order chi connectivity index (χ1) is 9.67. The van der Waals surface area contributed by atoms with E-state index in [1.165, 1.54) is 0 Å². The summed E-state index contributed by atoms with van der Waals surface area (Å²) in [5.74, 6) is 2.51. The number of carbonyl (C=O) groups excluding carboxylic acids is 1. The first kappa shape index (κ1) is 14.2. The Morgan fingerprint density at radius 3 is 2.65 bits per heavy atom. The molecular weight excluding hydrogens is 270 g/mol. The van der Waals surface area contributed by atoms with Crippen molar-refractivity contribution in [2.24, 2.45) is 0 Å². The van der Waals surface area contributed by atoms with E-state index in [2.05, 4.69) is 11.2 Å². The zero-order valence-electron chi connectivity index (χ0n) is 10.9. The zero-order valence-corrected chi connectivity index (χ0v) is 11.7. The van der Waals surface area contributed by atoms with Crippen molar-refractivity contribution < 1.29 is 4.79 Å². The number of nitrogens with one attached hydrogen (secondary N) is 1. The van der Waals surface area contributed by atoms with Crippen LogP contribution in [-0.4, -0.2) is 5.91 Å². The summed E-state index contributed by atoms with van der Waals surface area (Å²) >= 11 is 5.81. The molecule has 0 fully saturated rings. The average Bonchev–Trinajstić information content (AvgIpc) is 2.47. The van der Waals surface area contributed by atoms with Crippen molar-refractivity contribution in [1.82, 2.24) is 0 Å². The standard InChI is InChI=1S/C17H14ClNO/c1-2-13-4-3-5-16(12-13)19-17(20)11-8-14-6-9-15(18)10-7-14/h1,3-7,9-10,12H,8,11H2,(H,19,20). The molecule has 0 aromatic heterocycles. The fourth-order valence-corrected chi connectivity index (χ4v) is 1.95. The van der Waals surface area contributed by atoms with Crippen LogP contribution in [0, 0.1) is 12.3 Å². The molecule has 0 bridgehead atoms. The number of anilines is 1. The number of terminal acetylenes is 1. The van der Waals surface area contributed by atoms with Crippen molar-refractivity contribution in [3.63, 3.8) is 0 Å². The Hall–Kier alpha value is -2.24. The molecule has 0 saturated carbocycles. The average molecular weight is 284 g/mol. The summed E-state index contributed by atoms with van der Waals surface area (Å²) < 4.78 is 0. The molecule has 0 aliphatic rings. The van der Waals surface area contributed by atoms with Crippen LogP contribution in [0.1, 0.15) is 17.5 Å². The van der Waals surface area contributed by atoms with Crippen molar-refractivity contribution in [2.75, 3.05) is 5.32 Å². The summed E-state index contributed by atoms with van der Waals surface area (Å²) in [6.45, 7) is 0. The highest BCUT2D eigenvalue weighted by atomic mass is 35.5. The number of rotatable bonds is 4. The van der Waals surface area contributed by atoms with Crippen LogP contribution in [0.3, 0.4) is 0 Å². The molecule has 1 amide bonds. The van der Waals surface area contributed by atoms with Gasteiger partial charge in [-0.25, -0.2) is 0 Å². The number of hydrogen-bond acceptors (Lipinski definition) is 1. The van der Waals surface area contributed by atoms with Crippen LogP contribution in [0.5, 0.6) is 0 Å². The summed E-state index contributed by atoms with van der Waals surface area (Å²) in [5, 5.41) is 3.54. The van der Waals surface area contributed by atoms with E-state index in [0.29, 0.717) is 17.9 Å². The first-order valence-corrected chi connectivity index (χ1v) is 6.66. The minimum Gasteiger partial charge on any atom is -0.326 e. The number of hydrogen-bond donors (Lipinski definition) is 1. The van der Waals surface area contributed by atoms with Gasteiger partial charge in [0.25, 0.3) is 0 Å². The number of amides is 1. The number of halogens is 1. The van der Waals surface area contributed by atoms with Gasteiger partial charge in [-0.2, -0.15) is 0 Å². The summed E-state index contributed by atoms with van der Waals surface area (Å²) in [6.07, 6.45) is 6.42. The van der Waals surface area contributed by atoms with E-state index in [1.807, 2.05) is 42.5 Å². The van der Waals surface area contributed by atoms with Crippen LogP contribution in [0.4, 0.5) is 5.69 Å². The summed E-state index contributed by atoms with van der Waals surface area (Å²) in [7, 11) is 0. The SMILES string of the molecule is C#Cc1cccc(NC(=O)CCc2ccc(Cl)cc2)c1. The highest BCUT2D eigenvalue weighted by molar-refractivity contribution is 6.30.